The van der Waals surface area contributed by atoms with Gasteiger partial charge in [0.15, 0.2) is 0 Å². The number of halogens is 1. The fourth-order valence-electron chi connectivity index (χ4n) is 4.76. The molecule has 1 aromatic carbocycles. The van der Waals surface area contributed by atoms with Crippen LogP contribution in [0.2, 0.25) is 5.02 Å². The van der Waals surface area contributed by atoms with Gasteiger partial charge in [0.25, 0.3) is 0 Å². The van der Waals surface area contributed by atoms with Gasteiger partial charge in [0, 0.05) is 43.0 Å². The number of nitrogens with one attached hydrogen (secondary N) is 2. The summed E-state index contributed by atoms with van der Waals surface area (Å²) in [5, 5.41) is 11.1. The van der Waals surface area contributed by atoms with Crippen LogP contribution in [0.3, 0.4) is 0 Å². The van der Waals surface area contributed by atoms with Crippen molar-refractivity contribution in [3.05, 3.63) is 78.8 Å². The first-order chi connectivity index (χ1) is 19.4. The Morgan fingerprint density at radius 2 is 2.10 bits per heavy atom. The van der Waals surface area contributed by atoms with Crippen LogP contribution in [0.4, 0.5) is 23.0 Å². The molecule has 1 fully saturated rings. The van der Waals surface area contributed by atoms with Gasteiger partial charge in [-0.25, -0.2) is 14.5 Å². The van der Waals surface area contributed by atoms with Crippen molar-refractivity contribution < 1.29 is 9.53 Å². The molecule has 206 valence electrons. The SMILES string of the molecule is C=C/C=C\C(=O)Nc1cc(Nc2ncc(Cl)c(-c3cnn4ccccc34)n2)c(OC)cc1N1CC[C@H](N(C)C)C1. The number of hydrogen-bond acceptors (Lipinski definition) is 8. The Bertz CT molecular complexity index is 1580. The number of carbonyl (C=O) groups excluding carboxylic acids is 1. The number of aromatic nitrogens is 4. The summed E-state index contributed by atoms with van der Waals surface area (Å²) in [5.74, 6) is 0.635. The molecule has 0 saturated carbocycles. The van der Waals surface area contributed by atoms with Crippen molar-refractivity contribution in [2.45, 2.75) is 12.5 Å². The predicted octanol–water partition coefficient (Wildman–Crippen LogP) is 5.02. The molecule has 4 aromatic rings. The highest BCUT2D eigenvalue weighted by molar-refractivity contribution is 6.33. The summed E-state index contributed by atoms with van der Waals surface area (Å²) in [5.41, 5.74) is 4.30. The van der Waals surface area contributed by atoms with Gasteiger partial charge in [0.2, 0.25) is 11.9 Å². The van der Waals surface area contributed by atoms with Crippen molar-refractivity contribution in [3.8, 4) is 17.0 Å². The van der Waals surface area contributed by atoms with Crippen molar-refractivity contribution >= 4 is 46.0 Å². The van der Waals surface area contributed by atoms with Gasteiger partial charge in [0.1, 0.15) is 5.75 Å². The quantitative estimate of drug-likeness (QED) is 0.218. The third-order valence-electron chi connectivity index (χ3n) is 6.87. The maximum atomic E-state index is 12.7. The third-order valence-corrected chi connectivity index (χ3v) is 7.14. The summed E-state index contributed by atoms with van der Waals surface area (Å²) in [4.78, 5) is 26.3. The number of nitrogens with zero attached hydrogens (tertiary/aromatic N) is 6. The van der Waals surface area contributed by atoms with Crippen molar-refractivity contribution in [2.75, 3.05) is 49.8 Å². The number of methoxy groups -OCH3 is 1. The molecule has 1 atom stereocenters. The van der Waals surface area contributed by atoms with Crippen LogP contribution in [0.5, 0.6) is 5.75 Å². The summed E-state index contributed by atoms with van der Waals surface area (Å²) in [6, 6.07) is 9.96. The maximum Gasteiger partial charge on any atom is 0.248 e. The van der Waals surface area contributed by atoms with Crippen LogP contribution < -0.4 is 20.3 Å². The molecule has 5 rings (SSSR count). The summed E-state index contributed by atoms with van der Waals surface area (Å²) < 4.78 is 7.53. The smallest absolute Gasteiger partial charge is 0.248 e. The molecule has 0 bridgehead atoms. The largest absolute Gasteiger partial charge is 0.494 e. The number of allylic oxidation sites excluding steroid dienone is 2. The minimum atomic E-state index is -0.265. The standard InChI is InChI=1S/C29H31ClN8O2/c1-5-6-10-27(39)33-22-14-23(26(40-4)15-25(22)37-13-11-19(18-37)36(2)3)34-29-31-17-21(30)28(35-29)20-16-32-38-12-8-7-9-24(20)38/h5-10,12,14-17,19H,1,11,13,18H2,2-4H3,(H,33,39)(H,31,34,35)/b10-6-/t19-/m0/s1. The van der Waals surface area contributed by atoms with Crippen LogP contribution >= 0.6 is 11.6 Å². The lowest BCUT2D eigenvalue weighted by molar-refractivity contribution is -0.111. The van der Waals surface area contributed by atoms with Gasteiger partial charge >= 0.3 is 0 Å². The maximum absolute atomic E-state index is 12.7. The van der Waals surface area contributed by atoms with Crippen molar-refractivity contribution in [2.24, 2.45) is 0 Å². The Morgan fingerprint density at radius 1 is 1.25 bits per heavy atom. The number of pyridine rings is 1. The molecule has 11 heteroatoms. The second-order valence-electron chi connectivity index (χ2n) is 9.61. The highest BCUT2D eigenvalue weighted by Gasteiger charge is 2.27. The van der Waals surface area contributed by atoms with Crippen molar-refractivity contribution in [3.63, 3.8) is 0 Å². The number of rotatable bonds is 9. The molecule has 0 spiro atoms. The highest BCUT2D eigenvalue weighted by atomic mass is 35.5. The summed E-state index contributed by atoms with van der Waals surface area (Å²) >= 11 is 6.52. The first kappa shape index (κ1) is 27.2. The van der Waals surface area contributed by atoms with Crippen LogP contribution in [0.1, 0.15) is 6.42 Å². The van der Waals surface area contributed by atoms with Gasteiger partial charge in [-0.05, 0) is 38.7 Å². The fourth-order valence-corrected chi connectivity index (χ4v) is 4.96. The molecule has 0 radical (unpaired) electrons. The number of amides is 1. The number of benzene rings is 1. The Balaban J connectivity index is 1.52. The van der Waals surface area contributed by atoms with E-state index in [9.17, 15) is 4.79 Å². The number of hydrogen-bond donors (Lipinski definition) is 2. The molecule has 0 unspecified atom stereocenters. The van der Waals surface area contributed by atoms with Crippen LogP contribution in [-0.4, -0.2) is 70.7 Å². The van der Waals surface area contributed by atoms with E-state index in [0.29, 0.717) is 39.8 Å². The molecule has 1 saturated heterocycles. The zero-order valence-electron chi connectivity index (χ0n) is 22.6. The Kier molecular flexibility index (Phi) is 7.99. The number of anilines is 4. The molecular weight excluding hydrogens is 528 g/mol. The molecular formula is C29H31ClN8O2. The zero-order valence-corrected chi connectivity index (χ0v) is 23.4. The summed E-state index contributed by atoms with van der Waals surface area (Å²) in [6.07, 6.45) is 10.7. The number of ether oxygens (including phenoxy) is 1. The molecule has 1 aliphatic rings. The molecule has 1 amide bonds. The second kappa shape index (κ2) is 11.8. The van der Waals surface area contributed by atoms with Crippen LogP contribution in [0.15, 0.2) is 73.7 Å². The van der Waals surface area contributed by atoms with E-state index in [1.807, 2.05) is 36.5 Å². The third kappa shape index (κ3) is 5.63. The van der Waals surface area contributed by atoms with E-state index in [1.165, 1.54) is 6.08 Å². The lowest BCUT2D eigenvalue weighted by atomic mass is 10.2. The zero-order chi connectivity index (χ0) is 28.2. The lowest BCUT2D eigenvalue weighted by Crippen LogP contribution is -2.31. The number of likely N-dealkylation sites (N-methyl/N-ethyl adjacent to an activating group) is 1. The minimum absolute atomic E-state index is 0.265. The van der Waals surface area contributed by atoms with Gasteiger partial charge in [-0.2, -0.15) is 5.10 Å². The monoisotopic (exact) mass is 558 g/mol. The average molecular weight is 559 g/mol. The second-order valence-corrected chi connectivity index (χ2v) is 10.0. The Labute approximate surface area is 237 Å². The van der Waals surface area contributed by atoms with E-state index >= 15 is 0 Å². The van der Waals surface area contributed by atoms with Gasteiger partial charge < -0.3 is 25.2 Å². The van der Waals surface area contributed by atoms with Crippen LogP contribution in [-0.2, 0) is 4.79 Å². The molecule has 0 aliphatic carbocycles. The molecule has 40 heavy (non-hydrogen) atoms. The average Bonchev–Trinajstić information content (AvgIpc) is 3.61. The normalized spacial score (nSPS) is 15.2. The number of carbonyl (C=O) groups is 1. The Morgan fingerprint density at radius 3 is 2.85 bits per heavy atom. The summed E-state index contributed by atoms with van der Waals surface area (Å²) in [7, 11) is 5.77. The first-order valence-electron chi connectivity index (χ1n) is 12.8. The molecule has 4 heterocycles. The lowest BCUT2D eigenvalue weighted by Gasteiger charge is -2.25. The Hall–Kier alpha value is -4.41. The molecule has 1 aliphatic heterocycles. The van der Waals surface area contributed by atoms with Crippen molar-refractivity contribution in [1.82, 2.24) is 24.5 Å². The van der Waals surface area contributed by atoms with E-state index in [0.717, 1.165) is 36.3 Å². The van der Waals surface area contributed by atoms with Gasteiger partial charge in [-0.3, -0.25) is 4.79 Å². The van der Waals surface area contributed by atoms with Gasteiger partial charge in [0.05, 0.1) is 52.8 Å². The molecule has 2 N–H and O–H groups in total. The highest BCUT2D eigenvalue weighted by Crippen LogP contribution is 2.40. The predicted molar refractivity (Wildman–Crippen MR) is 160 cm³/mol. The van der Waals surface area contributed by atoms with E-state index in [4.69, 9.17) is 21.3 Å². The van der Waals surface area contributed by atoms with E-state index in [1.54, 1.807) is 36.2 Å². The minimum Gasteiger partial charge on any atom is -0.494 e. The van der Waals surface area contributed by atoms with E-state index in [2.05, 4.69) is 51.2 Å². The topological polar surface area (TPSA) is 99.9 Å². The van der Waals surface area contributed by atoms with Crippen molar-refractivity contribution in [1.29, 1.82) is 0 Å². The van der Waals surface area contributed by atoms with Crippen LogP contribution in [0, 0.1) is 0 Å². The van der Waals surface area contributed by atoms with Crippen LogP contribution in [0.25, 0.3) is 16.8 Å². The first-order valence-corrected chi connectivity index (χ1v) is 13.2. The van der Waals surface area contributed by atoms with Gasteiger partial charge in [-0.1, -0.05) is 36.4 Å². The fraction of sp³-hybridized carbons (Fsp3) is 0.241. The van der Waals surface area contributed by atoms with E-state index in [-0.39, 0.29) is 5.91 Å². The summed E-state index contributed by atoms with van der Waals surface area (Å²) in [6.45, 7) is 5.33. The molecule has 3 aromatic heterocycles. The van der Waals surface area contributed by atoms with Gasteiger partial charge in [-0.15, -0.1) is 0 Å². The molecule has 10 nitrogen and oxygen atoms in total. The van der Waals surface area contributed by atoms with E-state index < -0.39 is 0 Å². The number of fused-ring (bicyclic) bond motifs is 1.